The lowest BCUT2D eigenvalue weighted by Gasteiger charge is -2.21. The fourth-order valence-electron chi connectivity index (χ4n) is 3.21. The number of benzene rings is 1. The molecule has 23 heavy (non-hydrogen) atoms. The molecule has 1 heterocycles. The van der Waals surface area contributed by atoms with Crippen LogP contribution in [0.15, 0.2) is 36.5 Å². The van der Waals surface area contributed by atoms with Crippen molar-refractivity contribution in [1.29, 1.82) is 0 Å². The maximum Gasteiger partial charge on any atom is 0.258 e. The van der Waals surface area contributed by atoms with E-state index in [4.69, 9.17) is 4.74 Å². The van der Waals surface area contributed by atoms with Gasteiger partial charge in [-0.15, -0.1) is 0 Å². The Labute approximate surface area is 137 Å². The second kappa shape index (κ2) is 7.95. The summed E-state index contributed by atoms with van der Waals surface area (Å²) in [5.74, 6) is 0.624. The summed E-state index contributed by atoms with van der Waals surface area (Å²) in [5.41, 5.74) is 0.800. The molecule has 1 amide bonds. The Hall–Kier alpha value is -2.10. The number of carbonyl (C=O) groups is 1. The summed E-state index contributed by atoms with van der Waals surface area (Å²) in [6.07, 6.45) is 10.2. The van der Waals surface area contributed by atoms with Crippen molar-refractivity contribution in [3.05, 3.63) is 36.5 Å². The van der Waals surface area contributed by atoms with Crippen LogP contribution in [-0.4, -0.2) is 23.5 Å². The van der Waals surface area contributed by atoms with Crippen LogP contribution in [-0.2, 0) is 4.79 Å². The van der Waals surface area contributed by atoms with E-state index < -0.39 is 0 Å². The van der Waals surface area contributed by atoms with Crippen molar-refractivity contribution >= 4 is 16.8 Å². The van der Waals surface area contributed by atoms with Gasteiger partial charge in [-0.1, -0.05) is 50.3 Å². The number of nitrogens with one attached hydrogen (secondary N) is 1. The molecule has 0 saturated heterocycles. The molecule has 1 aliphatic rings. The highest BCUT2D eigenvalue weighted by atomic mass is 16.5. The molecule has 3 rings (SSSR count). The highest BCUT2D eigenvalue weighted by molar-refractivity contribution is 5.85. The summed E-state index contributed by atoms with van der Waals surface area (Å²) < 4.78 is 5.70. The minimum absolute atomic E-state index is 0.0384. The average Bonchev–Trinajstić information content (AvgIpc) is 2.55. The number of pyridine rings is 1. The van der Waals surface area contributed by atoms with Crippen LogP contribution in [0.25, 0.3) is 10.9 Å². The molecule has 0 aliphatic heterocycles. The number of hydrogen-bond donors (Lipinski definition) is 1. The molecule has 0 unspecified atom stereocenters. The Balaban J connectivity index is 1.55. The quantitative estimate of drug-likeness (QED) is 0.933. The van der Waals surface area contributed by atoms with E-state index in [0.29, 0.717) is 11.8 Å². The van der Waals surface area contributed by atoms with Crippen molar-refractivity contribution in [1.82, 2.24) is 10.3 Å². The first-order chi connectivity index (χ1) is 11.3. The first-order valence-corrected chi connectivity index (χ1v) is 8.59. The van der Waals surface area contributed by atoms with E-state index in [1.807, 2.05) is 30.3 Å². The van der Waals surface area contributed by atoms with Gasteiger partial charge in [0.05, 0.1) is 0 Å². The molecule has 4 nitrogen and oxygen atoms in total. The fraction of sp³-hybridized carbons (Fsp3) is 0.474. The van der Waals surface area contributed by atoms with Crippen molar-refractivity contribution < 1.29 is 9.53 Å². The van der Waals surface area contributed by atoms with Crippen molar-refractivity contribution in [3.63, 3.8) is 0 Å². The van der Waals surface area contributed by atoms with E-state index in [2.05, 4.69) is 10.3 Å². The molecular formula is C19H24N2O2. The zero-order valence-electron chi connectivity index (χ0n) is 13.5. The third kappa shape index (κ3) is 4.44. The molecule has 0 spiro atoms. The number of hydrogen-bond acceptors (Lipinski definition) is 3. The van der Waals surface area contributed by atoms with E-state index in [-0.39, 0.29) is 12.5 Å². The number of carbonyl (C=O) groups excluding carboxylic acids is 1. The third-order valence-electron chi connectivity index (χ3n) is 4.42. The summed E-state index contributed by atoms with van der Waals surface area (Å²) in [6.45, 7) is 0.0478. The summed E-state index contributed by atoms with van der Waals surface area (Å²) in [5, 5.41) is 4.14. The van der Waals surface area contributed by atoms with E-state index in [0.717, 1.165) is 23.7 Å². The molecule has 1 fully saturated rings. The van der Waals surface area contributed by atoms with Crippen molar-refractivity contribution in [3.8, 4) is 5.75 Å². The van der Waals surface area contributed by atoms with Crippen LogP contribution in [0.5, 0.6) is 5.75 Å². The van der Waals surface area contributed by atoms with Crippen LogP contribution in [0.4, 0.5) is 0 Å². The maximum atomic E-state index is 12.2. The number of rotatable bonds is 4. The fourth-order valence-corrected chi connectivity index (χ4v) is 3.21. The van der Waals surface area contributed by atoms with Crippen LogP contribution >= 0.6 is 0 Å². The average molecular weight is 312 g/mol. The first kappa shape index (κ1) is 15.8. The van der Waals surface area contributed by atoms with Gasteiger partial charge in [0, 0.05) is 17.6 Å². The Morgan fingerprint density at radius 3 is 2.65 bits per heavy atom. The Bertz CT molecular complexity index is 643. The normalized spacial score (nSPS) is 16.5. The van der Waals surface area contributed by atoms with Crippen LogP contribution in [0, 0.1) is 0 Å². The SMILES string of the molecule is O=C(COc1cccc2cccnc12)NC1CCCCCCC1. The van der Waals surface area contributed by atoms with E-state index in [9.17, 15) is 4.79 Å². The van der Waals surface area contributed by atoms with Gasteiger partial charge in [-0.2, -0.15) is 0 Å². The van der Waals surface area contributed by atoms with Gasteiger partial charge in [0.25, 0.3) is 5.91 Å². The Morgan fingerprint density at radius 2 is 1.83 bits per heavy atom. The lowest BCUT2D eigenvalue weighted by atomic mass is 9.97. The molecule has 0 radical (unpaired) electrons. The monoisotopic (exact) mass is 312 g/mol. The highest BCUT2D eigenvalue weighted by Gasteiger charge is 2.14. The maximum absolute atomic E-state index is 12.2. The molecule has 0 bridgehead atoms. The number of nitrogens with zero attached hydrogens (tertiary/aromatic N) is 1. The number of ether oxygens (including phenoxy) is 1. The second-order valence-corrected chi connectivity index (χ2v) is 6.23. The van der Waals surface area contributed by atoms with E-state index >= 15 is 0 Å². The molecule has 2 aromatic rings. The van der Waals surface area contributed by atoms with Gasteiger partial charge < -0.3 is 10.1 Å². The topological polar surface area (TPSA) is 51.2 Å². The van der Waals surface area contributed by atoms with Crippen molar-refractivity contribution in [2.75, 3.05) is 6.61 Å². The van der Waals surface area contributed by atoms with Gasteiger partial charge in [-0.05, 0) is 25.0 Å². The molecule has 4 heteroatoms. The minimum Gasteiger partial charge on any atom is -0.481 e. The van der Waals surface area contributed by atoms with Gasteiger partial charge in [0.15, 0.2) is 6.61 Å². The second-order valence-electron chi connectivity index (χ2n) is 6.23. The lowest BCUT2D eigenvalue weighted by Crippen LogP contribution is -2.38. The van der Waals surface area contributed by atoms with Gasteiger partial charge in [0.2, 0.25) is 0 Å². The van der Waals surface area contributed by atoms with Crippen LogP contribution in [0.3, 0.4) is 0 Å². The largest absolute Gasteiger partial charge is 0.481 e. The Kier molecular flexibility index (Phi) is 5.46. The summed E-state index contributed by atoms with van der Waals surface area (Å²) in [7, 11) is 0. The number of fused-ring (bicyclic) bond motifs is 1. The molecule has 0 atom stereocenters. The Morgan fingerprint density at radius 1 is 1.09 bits per heavy atom. The molecule has 1 aliphatic carbocycles. The summed E-state index contributed by atoms with van der Waals surface area (Å²) >= 11 is 0. The molecule has 1 saturated carbocycles. The summed E-state index contributed by atoms with van der Waals surface area (Å²) in [6, 6.07) is 9.96. The zero-order valence-corrected chi connectivity index (χ0v) is 13.5. The van der Waals surface area contributed by atoms with Gasteiger partial charge in [-0.3, -0.25) is 9.78 Å². The van der Waals surface area contributed by atoms with Gasteiger partial charge in [-0.25, -0.2) is 0 Å². The summed E-state index contributed by atoms with van der Waals surface area (Å²) in [4.78, 5) is 16.5. The lowest BCUT2D eigenvalue weighted by molar-refractivity contribution is -0.123. The standard InChI is InChI=1S/C19H24N2O2/c22-18(21-16-10-4-2-1-3-5-11-16)14-23-17-12-6-8-15-9-7-13-20-19(15)17/h6-9,12-13,16H,1-5,10-11,14H2,(H,21,22). The van der Waals surface area contributed by atoms with Crippen molar-refractivity contribution in [2.45, 2.75) is 51.0 Å². The number of aromatic nitrogens is 1. The van der Waals surface area contributed by atoms with Crippen molar-refractivity contribution in [2.24, 2.45) is 0 Å². The third-order valence-corrected chi connectivity index (χ3v) is 4.42. The molecular weight excluding hydrogens is 288 g/mol. The highest BCUT2D eigenvalue weighted by Crippen LogP contribution is 2.23. The number of amides is 1. The molecule has 1 aromatic carbocycles. The molecule has 122 valence electrons. The van der Waals surface area contributed by atoms with Crippen LogP contribution in [0.1, 0.15) is 44.9 Å². The number of para-hydroxylation sites is 1. The first-order valence-electron chi connectivity index (χ1n) is 8.59. The molecule has 1 N–H and O–H groups in total. The smallest absolute Gasteiger partial charge is 0.258 e. The predicted octanol–water partition coefficient (Wildman–Crippen LogP) is 3.84. The van der Waals surface area contributed by atoms with E-state index in [1.54, 1.807) is 6.20 Å². The van der Waals surface area contributed by atoms with Crippen LogP contribution in [0.2, 0.25) is 0 Å². The van der Waals surface area contributed by atoms with Crippen LogP contribution < -0.4 is 10.1 Å². The minimum atomic E-state index is -0.0384. The predicted molar refractivity (Wildman–Crippen MR) is 91.5 cm³/mol. The van der Waals surface area contributed by atoms with E-state index in [1.165, 1.54) is 32.1 Å². The molecule has 1 aromatic heterocycles. The van der Waals surface area contributed by atoms with Gasteiger partial charge in [0.1, 0.15) is 11.3 Å². The zero-order chi connectivity index (χ0) is 15.9. The van der Waals surface area contributed by atoms with Gasteiger partial charge >= 0.3 is 0 Å².